The van der Waals surface area contributed by atoms with Gasteiger partial charge in [0.05, 0.1) is 12.2 Å². The first kappa shape index (κ1) is 15.5. The molecule has 2 N–H and O–H groups in total. The molecule has 1 fully saturated rings. The molecule has 25 heavy (non-hydrogen) atoms. The summed E-state index contributed by atoms with van der Waals surface area (Å²) in [7, 11) is 0. The molecule has 1 aliphatic rings. The number of anilines is 1. The first-order chi connectivity index (χ1) is 12.2. The van der Waals surface area contributed by atoms with Crippen molar-refractivity contribution in [3.05, 3.63) is 52.6 Å². The number of aromatic nitrogens is 3. The maximum Gasteiger partial charge on any atom is 0.336 e. The van der Waals surface area contributed by atoms with Crippen LogP contribution in [0, 0.1) is 0 Å². The van der Waals surface area contributed by atoms with Crippen LogP contribution in [-0.2, 0) is 0 Å². The Labute approximate surface area is 142 Å². The summed E-state index contributed by atoms with van der Waals surface area (Å²) in [5, 5.41) is 14.9. The summed E-state index contributed by atoms with van der Waals surface area (Å²) < 4.78 is 6.85. The zero-order valence-corrected chi connectivity index (χ0v) is 13.4. The van der Waals surface area contributed by atoms with Gasteiger partial charge in [0.15, 0.2) is 5.69 Å². The van der Waals surface area contributed by atoms with Crippen LogP contribution in [0.1, 0.15) is 29.4 Å². The van der Waals surface area contributed by atoms with Gasteiger partial charge in [-0.15, -0.1) is 5.10 Å². The molecule has 0 radical (unpaired) electrons. The minimum atomic E-state index is -0.404. The van der Waals surface area contributed by atoms with Crippen molar-refractivity contribution in [3.8, 4) is 0 Å². The van der Waals surface area contributed by atoms with E-state index < -0.39 is 5.63 Å². The maximum atomic E-state index is 12.4. The van der Waals surface area contributed by atoms with Gasteiger partial charge in [-0.05, 0) is 50.2 Å². The average Bonchev–Trinajstić information content (AvgIpc) is 3.13. The number of rotatable bonds is 3. The van der Waals surface area contributed by atoms with E-state index in [0.717, 1.165) is 31.3 Å². The number of carbonyl (C=O) groups excluding carboxylic acids is 1. The quantitative estimate of drug-likeness (QED) is 0.702. The largest absolute Gasteiger partial charge is 0.423 e. The molecule has 128 valence electrons. The highest BCUT2D eigenvalue weighted by Gasteiger charge is 2.18. The van der Waals surface area contributed by atoms with Gasteiger partial charge < -0.3 is 15.1 Å². The van der Waals surface area contributed by atoms with Crippen LogP contribution in [-0.4, -0.2) is 34.0 Å². The van der Waals surface area contributed by atoms with Crippen molar-refractivity contribution in [1.82, 2.24) is 20.3 Å². The second kappa shape index (κ2) is 6.48. The Morgan fingerprint density at radius 2 is 2.08 bits per heavy atom. The van der Waals surface area contributed by atoms with Gasteiger partial charge >= 0.3 is 5.63 Å². The monoisotopic (exact) mass is 339 g/mol. The summed E-state index contributed by atoms with van der Waals surface area (Å²) in [6.45, 7) is 1.89. The van der Waals surface area contributed by atoms with E-state index in [9.17, 15) is 9.59 Å². The number of amides is 1. The number of hydrogen-bond acceptors (Lipinski definition) is 6. The van der Waals surface area contributed by atoms with Crippen molar-refractivity contribution in [2.45, 2.75) is 18.9 Å². The second-order valence-corrected chi connectivity index (χ2v) is 6.03. The number of carbonyl (C=O) groups is 1. The number of nitrogens with one attached hydrogen (secondary N) is 2. The lowest BCUT2D eigenvalue weighted by molar-refractivity contribution is 0.102. The van der Waals surface area contributed by atoms with Gasteiger partial charge in [-0.1, -0.05) is 5.21 Å². The predicted octanol–water partition coefficient (Wildman–Crippen LogP) is 1.56. The molecule has 3 aromatic rings. The first-order valence-corrected chi connectivity index (χ1v) is 8.17. The summed E-state index contributed by atoms with van der Waals surface area (Å²) in [6, 6.07) is 8.35. The molecule has 0 saturated carbocycles. The fraction of sp³-hybridized carbons (Fsp3) is 0.294. The normalized spacial score (nSPS) is 15.4. The Balaban J connectivity index is 1.51. The highest BCUT2D eigenvalue weighted by molar-refractivity contribution is 6.03. The highest BCUT2D eigenvalue weighted by Crippen LogP contribution is 2.19. The summed E-state index contributed by atoms with van der Waals surface area (Å²) in [4.78, 5) is 23.6. The Morgan fingerprint density at radius 3 is 2.92 bits per heavy atom. The SMILES string of the molecule is O=C(Nc1ccc2oc(=O)ccc2c1)c1cn(C2CCNCC2)nn1. The van der Waals surface area contributed by atoms with Gasteiger partial charge in [0.1, 0.15) is 5.58 Å². The number of piperidine rings is 1. The molecule has 0 atom stereocenters. The Morgan fingerprint density at radius 1 is 1.24 bits per heavy atom. The van der Waals surface area contributed by atoms with Gasteiger partial charge in [-0.2, -0.15) is 0 Å². The Bertz CT molecular complexity index is 972. The van der Waals surface area contributed by atoms with E-state index in [-0.39, 0.29) is 17.6 Å². The zero-order valence-electron chi connectivity index (χ0n) is 13.4. The minimum absolute atomic E-state index is 0.276. The summed E-state index contributed by atoms with van der Waals surface area (Å²) in [5.41, 5.74) is 0.946. The van der Waals surface area contributed by atoms with Crippen LogP contribution in [0.15, 0.2) is 45.7 Å². The lowest BCUT2D eigenvalue weighted by atomic mass is 10.1. The van der Waals surface area contributed by atoms with Crippen LogP contribution >= 0.6 is 0 Å². The van der Waals surface area contributed by atoms with E-state index in [1.807, 2.05) is 0 Å². The van der Waals surface area contributed by atoms with Crippen molar-refractivity contribution >= 4 is 22.6 Å². The van der Waals surface area contributed by atoms with Crippen LogP contribution in [0.2, 0.25) is 0 Å². The molecule has 8 heteroatoms. The molecule has 0 unspecified atom stereocenters. The van der Waals surface area contributed by atoms with E-state index in [1.165, 1.54) is 6.07 Å². The third kappa shape index (κ3) is 3.29. The second-order valence-electron chi connectivity index (χ2n) is 6.03. The predicted molar refractivity (Wildman–Crippen MR) is 91.6 cm³/mol. The summed E-state index contributed by atoms with van der Waals surface area (Å²) in [5.74, 6) is -0.322. The molecule has 8 nitrogen and oxygen atoms in total. The molecule has 0 aliphatic carbocycles. The molecule has 1 aliphatic heterocycles. The first-order valence-electron chi connectivity index (χ1n) is 8.17. The van der Waals surface area contributed by atoms with Gasteiger partial charge in [0.25, 0.3) is 5.91 Å². The van der Waals surface area contributed by atoms with Crippen molar-refractivity contribution in [2.24, 2.45) is 0 Å². The van der Waals surface area contributed by atoms with E-state index in [1.54, 1.807) is 35.1 Å². The summed E-state index contributed by atoms with van der Waals surface area (Å²) in [6.07, 6.45) is 3.63. The molecule has 3 heterocycles. The number of fused-ring (bicyclic) bond motifs is 1. The van der Waals surface area contributed by atoms with E-state index in [2.05, 4.69) is 20.9 Å². The van der Waals surface area contributed by atoms with Gasteiger partial charge in [-0.3, -0.25) is 4.79 Å². The van der Waals surface area contributed by atoms with Crippen molar-refractivity contribution in [2.75, 3.05) is 18.4 Å². The molecule has 2 aromatic heterocycles. The lowest BCUT2D eigenvalue weighted by Crippen LogP contribution is -2.29. The molecular weight excluding hydrogens is 322 g/mol. The van der Waals surface area contributed by atoms with E-state index in [0.29, 0.717) is 11.3 Å². The molecule has 1 saturated heterocycles. The Kier molecular flexibility index (Phi) is 4.02. The van der Waals surface area contributed by atoms with Crippen molar-refractivity contribution in [3.63, 3.8) is 0 Å². The minimum Gasteiger partial charge on any atom is -0.423 e. The standard InChI is InChI=1S/C17H17N5O3/c23-16-4-1-11-9-12(2-3-15(11)25-16)19-17(24)14-10-22(21-20-14)13-5-7-18-8-6-13/h1-4,9-10,13,18H,5-8H2,(H,19,24). The van der Waals surface area contributed by atoms with Gasteiger partial charge in [-0.25, -0.2) is 9.48 Å². The van der Waals surface area contributed by atoms with Crippen LogP contribution in [0.4, 0.5) is 5.69 Å². The van der Waals surface area contributed by atoms with Crippen LogP contribution in [0.5, 0.6) is 0 Å². The van der Waals surface area contributed by atoms with Crippen LogP contribution in [0.3, 0.4) is 0 Å². The third-order valence-corrected chi connectivity index (χ3v) is 4.30. The smallest absolute Gasteiger partial charge is 0.336 e. The molecule has 0 spiro atoms. The fourth-order valence-corrected chi connectivity index (χ4v) is 2.98. The number of benzene rings is 1. The fourth-order valence-electron chi connectivity index (χ4n) is 2.98. The average molecular weight is 339 g/mol. The molecule has 0 bridgehead atoms. The number of nitrogens with zero attached hydrogens (tertiary/aromatic N) is 3. The van der Waals surface area contributed by atoms with E-state index >= 15 is 0 Å². The summed E-state index contributed by atoms with van der Waals surface area (Å²) >= 11 is 0. The van der Waals surface area contributed by atoms with Crippen LogP contribution < -0.4 is 16.3 Å². The van der Waals surface area contributed by atoms with Crippen molar-refractivity contribution < 1.29 is 9.21 Å². The molecule has 1 amide bonds. The Hall–Kier alpha value is -3.00. The number of hydrogen-bond donors (Lipinski definition) is 2. The van der Waals surface area contributed by atoms with Gasteiger partial charge in [0.2, 0.25) is 0 Å². The molecule has 1 aromatic carbocycles. The zero-order chi connectivity index (χ0) is 17.2. The van der Waals surface area contributed by atoms with Gasteiger partial charge in [0, 0.05) is 17.1 Å². The highest BCUT2D eigenvalue weighted by atomic mass is 16.4. The maximum absolute atomic E-state index is 12.4. The third-order valence-electron chi connectivity index (χ3n) is 4.30. The van der Waals surface area contributed by atoms with Crippen LogP contribution in [0.25, 0.3) is 11.0 Å². The molecular formula is C17H17N5O3. The topological polar surface area (TPSA) is 102 Å². The van der Waals surface area contributed by atoms with E-state index in [4.69, 9.17) is 4.42 Å². The molecule has 4 rings (SSSR count). The van der Waals surface area contributed by atoms with Crippen molar-refractivity contribution in [1.29, 1.82) is 0 Å². The lowest BCUT2D eigenvalue weighted by Gasteiger charge is -2.22.